The first-order valence-corrected chi connectivity index (χ1v) is 6.76. The van der Waals surface area contributed by atoms with Gasteiger partial charge in [-0.05, 0) is 26.2 Å². The summed E-state index contributed by atoms with van der Waals surface area (Å²) in [7, 11) is 1.73. The van der Waals surface area contributed by atoms with Crippen molar-refractivity contribution in [1.29, 1.82) is 0 Å². The summed E-state index contributed by atoms with van der Waals surface area (Å²) >= 11 is 1.76. The zero-order valence-electron chi connectivity index (χ0n) is 11.1. The number of aryl methyl sites for hydroxylation is 2. The van der Waals surface area contributed by atoms with Crippen LogP contribution in [0.5, 0.6) is 0 Å². The molecule has 1 aromatic rings. The lowest BCUT2D eigenvalue weighted by molar-refractivity contribution is 0.149. The summed E-state index contributed by atoms with van der Waals surface area (Å²) < 4.78 is 5.14. The minimum atomic E-state index is 0.269. The fourth-order valence-electron chi connectivity index (χ4n) is 1.89. The average molecular weight is 257 g/mol. The van der Waals surface area contributed by atoms with Crippen molar-refractivity contribution in [2.45, 2.75) is 39.7 Å². The molecule has 0 aromatic carbocycles. The van der Waals surface area contributed by atoms with Gasteiger partial charge < -0.3 is 4.74 Å². The third-order valence-corrected chi connectivity index (χ3v) is 3.96. The molecule has 1 rings (SSSR count). The van der Waals surface area contributed by atoms with Crippen molar-refractivity contribution in [2.24, 2.45) is 11.8 Å². The van der Waals surface area contributed by atoms with Crippen molar-refractivity contribution in [3.8, 4) is 0 Å². The third-order valence-electron chi connectivity index (χ3n) is 2.87. The van der Waals surface area contributed by atoms with Crippen LogP contribution in [0, 0.1) is 19.8 Å². The summed E-state index contributed by atoms with van der Waals surface area (Å²) in [4.78, 5) is 5.84. The van der Waals surface area contributed by atoms with Crippen molar-refractivity contribution in [1.82, 2.24) is 10.4 Å². The maximum Gasteiger partial charge on any atom is 0.0946 e. The van der Waals surface area contributed by atoms with Gasteiger partial charge in [0.25, 0.3) is 0 Å². The van der Waals surface area contributed by atoms with Crippen molar-refractivity contribution < 1.29 is 4.74 Å². The number of hydrazine groups is 1. The summed E-state index contributed by atoms with van der Waals surface area (Å²) in [5, 5.41) is 1.16. The van der Waals surface area contributed by atoms with Gasteiger partial charge in [-0.3, -0.25) is 11.3 Å². The highest BCUT2D eigenvalue weighted by Crippen LogP contribution is 2.19. The van der Waals surface area contributed by atoms with E-state index in [0.717, 1.165) is 30.2 Å². The summed E-state index contributed by atoms with van der Waals surface area (Å²) in [5.74, 6) is 6.10. The predicted molar refractivity (Wildman–Crippen MR) is 72.1 cm³/mol. The van der Waals surface area contributed by atoms with Crippen LogP contribution in [0.2, 0.25) is 0 Å². The van der Waals surface area contributed by atoms with Gasteiger partial charge in [0, 0.05) is 31.1 Å². The van der Waals surface area contributed by atoms with Gasteiger partial charge in [-0.25, -0.2) is 4.98 Å². The first kappa shape index (κ1) is 14.6. The second-order valence-corrected chi connectivity index (χ2v) is 5.90. The Morgan fingerprint density at radius 1 is 1.47 bits per heavy atom. The van der Waals surface area contributed by atoms with E-state index in [1.165, 1.54) is 4.88 Å². The van der Waals surface area contributed by atoms with Crippen LogP contribution in [0.1, 0.15) is 28.9 Å². The molecule has 17 heavy (non-hydrogen) atoms. The molecule has 0 aliphatic heterocycles. The number of thiazole rings is 1. The molecule has 0 radical (unpaired) electrons. The first-order valence-electron chi connectivity index (χ1n) is 5.94. The standard InChI is InChI=1S/C12H23N3OS/c1-8(7-16-4)5-11(15-13)6-12-14-9(2)10(3)17-12/h8,11,15H,5-7,13H2,1-4H3. The Bertz CT molecular complexity index is 321. The number of ether oxygens (including phenoxy) is 1. The third kappa shape index (κ3) is 4.71. The van der Waals surface area contributed by atoms with Crippen LogP contribution in [-0.4, -0.2) is 24.7 Å². The van der Waals surface area contributed by atoms with E-state index in [-0.39, 0.29) is 6.04 Å². The van der Waals surface area contributed by atoms with E-state index in [1.807, 2.05) is 6.92 Å². The fraction of sp³-hybridized carbons (Fsp3) is 0.750. The number of nitrogens with one attached hydrogen (secondary N) is 1. The molecule has 1 heterocycles. The molecule has 3 N–H and O–H groups in total. The lowest BCUT2D eigenvalue weighted by Gasteiger charge is -2.18. The van der Waals surface area contributed by atoms with Gasteiger partial charge in [0.15, 0.2) is 0 Å². The Hall–Kier alpha value is -0.490. The van der Waals surface area contributed by atoms with E-state index in [9.17, 15) is 0 Å². The number of aromatic nitrogens is 1. The van der Waals surface area contributed by atoms with Crippen molar-refractivity contribution in [3.63, 3.8) is 0 Å². The molecule has 5 heteroatoms. The fourth-order valence-corrected chi connectivity index (χ4v) is 2.90. The highest BCUT2D eigenvalue weighted by atomic mass is 32.1. The van der Waals surface area contributed by atoms with Crippen molar-refractivity contribution in [3.05, 3.63) is 15.6 Å². The molecular formula is C12H23N3OS. The second kappa shape index (κ2) is 7.06. The van der Waals surface area contributed by atoms with E-state index in [4.69, 9.17) is 10.6 Å². The summed E-state index contributed by atoms with van der Waals surface area (Å²) in [6.07, 6.45) is 1.89. The van der Waals surface area contributed by atoms with Crippen LogP contribution in [0.3, 0.4) is 0 Å². The molecule has 2 atom stereocenters. The molecule has 0 fully saturated rings. The summed E-state index contributed by atoms with van der Waals surface area (Å²) in [6, 6.07) is 0.269. The minimum absolute atomic E-state index is 0.269. The normalized spacial score (nSPS) is 14.9. The number of nitrogens with two attached hydrogens (primary N) is 1. The maximum atomic E-state index is 5.60. The molecule has 4 nitrogen and oxygen atoms in total. The van der Waals surface area contributed by atoms with E-state index in [0.29, 0.717) is 5.92 Å². The van der Waals surface area contributed by atoms with E-state index in [1.54, 1.807) is 18.4 Å². The Morgan fingerprint density at radius 3 is 2.65 bits per heavy atom. The van der Waals surface area contributed by atoms with E-state index >= 15 is 0 Å². The predicted octanol–water partition coefficient (Wildman–Crippen LogP) is 1.81. The molecule has 0 aliphatic carbocycles. The van der Waals surface area contributed by atoms with Gasteiger partial charge in [-0.1, -0.05) is 6.92 Å². The van der Waals surface area contributed by atoms with Gasteiger partial charge in [-0.15, -0.1) is 11.3 Å². The number of nitrogens with zero attached hydrogens (tertiary/aromatic N) is 1. The van der Waals surface area contributed by atoms with Gasteiger partial charge >= 0.3 is 0 Å². The lowest BCUT2D eigenvalue weighted by atomic mass is 10.0. The van der Waals surface area contributed by atoms with Gasteiger partial charge in [0.1, 0.15) is 0 Å². The number of methoxy groups -OCH3 is 1. The molecular weight excluding hydrogens is 234 g/mol. The lowest BCUT2D eigenvalue weighted by Crippen LogP contribution is -2.38. The largest absolute Gasteiger partial charge is 0.384 e. The number of hydrogen-bond acceptors (Lipinski definition) is 5. The number of rotatable bonds is 7. The van der Waals surface area contributed by atoms with Crippen LogP contribution >= 0.6 is 11.3 Å². The maximum absolute atomic E-state index is 5.60. The van der Waals surface area contributed by atoms with Crippen molar-refractivity contribution >= 4 is 11.3 Å². The summed E-state index contributed by atoms with van der Waals surface area (Å²) in [6.45, 7) is 7.10. The zero-order valence-corrected chi connectivity index (χ0v) is 11.9. The van der Waals surface area contributed by atoms with Crippen LogP contribution in [0.15, 0.2) is 0 Å². The molecule has 0 saturated carbocycles. The van der Waals surface area contributed by atoms with Crippen LogP contribution < -0.4 is 11.3 Å². The van der Waals surface area contributed by atoms with Gasteiger partial charge in [0.2, 0.25) is 0 Å². The minimum Gasteiger partial charge on any atom is -0.384 e. The van der Waals surface area contributed by atoms with E-state index in [2.05, 4.69) is 24.3 Å². The highest BCUT2D eigenvalue weighted by molar-refractivity contribution is 7.11. The topological polar surface area (TPSA) is 60.2 Å². The van der Waals surface area contributed by atoms with Crippen molar-refractivity contribution in [2.75, 3.05) is 13.7 Å². The van der Waals surface area contributed by atoms with Crippen LogP contribution in [-0.2, 0) is 11.2 Å². The quantitative estimate of drug-likeness (QED) is 0.578. The van der Waals surface area contributed by atoms with E-state index < -0.39 is 0 Å². The Labute approximate surface area is 108 Å². The highest BCUT2D eigenvalue weighted by Gasteiger charge is 2.15. The molecule has 0 amide bonds. The number of hydrogen-bond donors (Lipinski definition) is 2. The Kier molecular flexibility index (Phi) is 6.05. The zero-order chi connectivity index (χ0) is 12.8. The first-order chi connectivity index (χ1) is 8.06. The van der Waals surface area contributed by atoms with Crippen LogP contribution in [0.25, 0.3) is 0 Å². The molecule has 98 valence electrons. The average Bonchev–Trinajstić information content (AvgIpc) is 2.57. The second-order valence-electron chi connectivity index (χ2n) is 4.61. The molecule has 0 saturated heterocycles. The van der Waals surface area contributed by atoms with Gasteiger partial charge in [0.05, 0.1) is 10.7 Å². The monoisotopic (exact) mass is 257 g/mol. The Morgan fingerprint density at radius 2 is 2.18 bits per heavy atom. The molecule has 0 bridgehead atoms. The van der Waals surface area contributed by atoms with Gasteiger partial charge in [-0.2, -0.15) is 0 Å². The van der Waals surface area contributed by atoms with Crippen LogP contribution in [0.4, 0.5) is 0 Å². The Balaban J connectivity index is 2.51. The molecule has 0 spiro atoms. The molecule has 0 aliphatic rings. The molecule has 2 unspecified atom stereocenters. The SMILES string of the molecule is COCC(C)CC(Cc1nc(C)c(C)s1)NN. The smallest absolute Gasteiger partial charge is 0.0946 e. The molecule has 1 aromatic heterocycles. The summed E-state index contributed by atoms with van der Waals surface area (Å²) in [5.41, 5.74) is 4.01.